The Morgan fingerprint density at radius 1 is 1.04 bits per heavy atom. The van der Waals surface area contributed by atoms with Crippen LogP contribution in [0.15, 0.2) is 23.4 Å². The van der Waals surface area contributed by atoms with Crippen molar-refractivity contribution in [1.29, 1.82) is 0 Å². The largest absolute Gasteiger partial charge is 0.506 e. The first-order chi connectivity index (χ1) is 12.7. The lowest BCUT2D eigenvalue weighted by atomic mass is 9.98. The fraction of sp³-hybridized carbons (Fsp3) is 0.667. The van der Waals surface area contributed by atoms with Gasteiger partial charge in [0.1, 0.15) is 18.3 Å². The van der Waals surface area contributed by atoms with Crippen LogP contribution in [0.25, 0.3) is 0 Å². The highest BCUT2D eigenvalue weighted by Gasteiger charge is 2.40. The van der Waals surface area contributed by atoms with Gasteiger partial charge >= 0.3 is 0 Å². The van der Waals surface area contributed by atoms with Crippen LogP contribution in [0.3, 0.4) is 0 Å². The van der Waals surface area contributed by atoms with Gasteiger partial charge in [0.05, 0.1) is 18.8 Å². The summed E-state index contributed by atoms with van der Waals surface area (Å²) in [6.07, 6.45) is -7.56. The van der Waals surface area contributed by atoms with E-state index < -0.39 is 60.5 Å². The number of aliphatic hydroxyl groups excluding tert-OH is 5. The highest BCUT2D eigenvalue weighted by molar-refractivity contribution is 7.75. The lowest BCUT2D eigenvalue weighted by Crippen LogP contribution is -2.49. The summed E-state index contributed by atoms with van der Waals surface area (Å²) < 4.78 is 23.0. The molecule has 156 valence electrons. The Balaban J connectivity index is 5.83. The molecule has 0 aromatic carbocycles. The maximum Gasteiger partial charge on any atom is 0.283 e. The summed E-state index contributed by atoms with van der Waals surface area (Å²) in [6.45, 7) is 0.828. The number of thiol groups is 4. The van der Waals surface area contributed by atoms with Crippen LogP contribution in [-0.2, 0) is 21.4 Å². The van der Waals surface area contributed by atoms with Crippen molar-refractivity contribution in [3.63, 3.8) is 0 Å². The first kappa shape index (κ1) is 27.1. The van der Waals surface area contributed by atoms with Gasteiger partial charge in [0.15, 0.2) is 17.6 Å². The van der Waals surface area contributed by atoms with E-state index in [0.29, 0.717) is 0 Å². The van der Waals surface area contributed by atoms with Gasteiger partial charge in [-0.05, 0) is 51.7 Å². The zero-order valence-electron chi connectivity index (χ0n) is 13.9. The van der Waals surface area contributed by atoms with Crippen molar-refractivity contribution in [2.45, 2.75) is 43.5 Å². The molecule has 0 aromatic heterocycles. The molecule has 0 bridgehead atoms. The first-order valence-corrected chi connectivity index (χ1v) is 8.58. The second kappa shape index (κ2) is 14.1. The van der Waals surface area contributed by atoms with Crippen molar-refractivity contribution in [3.05, 3.63) is 23.4 Å². The van der Waals surface area contributed by atoms with E-state index in [1.54, 1.807) is 0 Å². The van der Waals surface area contributed by atoms with E-state index in [2.05, 4.69) is 64.7 Å². The molecule has 0 spiro atoms. The summed E-state index contributed by atoms with van der Waals surface area (Å²) in [7, 11) is 4.91. The molecule has 0 aliphatic rings. The van der Waals surface area contributed by atoms with Crippen molar-refractivity contribution in [2.75, 3.05) is 6.61 Å². The molecule has 0 aliphatic carbocycles. The van der Waals surface area contributed by atoms with Crippen LogP contribution >= 0.6 is 51.6 Å². The molecule has 15 heteroatoms. The Hall–Kier alpha value is 0.0649. The quantitative estimate of drug-likeness (QED) is 0.0598. The Labute approximate surface area is 180 Å². The molecule has 27 heavy (non-hydrogen) atoms. The fourth-order valence-corrected chi connectivity index (χ4v) is 2.63. The van der Waals surface area contributed by atoms with Gasteiger partial charge in [0.25, 0.3) is 8.05 Å². The molecule has 0 rings (SSSR count). The maximum atomic E-state index is 10.4. The molecular formula is C12H21BO10S4. The van der Waals surface area contributed by atoms with E-state index in [9.17, 15) is 20.4 Å². The summed E-state index contributed by atoms with van der Waals surface area (Å²) in [5.74, 6) is -2.33. The van der Waals surface area contributed by atoms with Crippen molar-refractivity contribution in [1.82, 2.24) is 0 Å². The standard InChI is InChI=1S/C12H21BO10S4/c1-4(20-24)7(16)11(22-26)9(18)12(23-27)8(17)10(21-25)6(15)2-5(3-14)19-13/h2,4-5,7,9,11-12,14-18,24-27H,3H2,1H3/b6-2+,10-8-. The lowest BCUT2D eigenvalue weighted by Gasteiger charge is -2.31. The lowest BCUT2D eigenvalue weighted by molar-refractivity contribution is -0.0972. The van der Waals surface area contributed by atoms with Crippen molar-refractivity contribution in [2.24, 2.45) is 0 Å². The van der Waals surface area contributed by atoms with E-state index in [0.717, 1.165) is 6.08 Å². The fourth-order valence-electron chi connectivity index (χ4n) is 1.84. The third-order valence-corrected chi connectivity index (χ3v) is 4.38. The summed E-state index contributed by atoms with van der Waals surface area (Å²) in [5.41, 5.74) is 0. The van der Waals surface area contributed by atoms with Gasteiger partial charge in [0, 0.05) is 12.9 Å². The predicted molar refractivity (Wildman–Crippen MR) is 107 cm³/mol. The minimum Gasteiger partial charge on any atom is -0.506 e. The predicted octanol–water partition coefficient (Wildman–Crippen LogP) is -0.0480. The monoisotopic (exact) mass is 464 g/mol. The average Bonchev–Trinajstić information content (AvgIpc) is 2.66. The van der Waals surface area contributed by atoms with Crippen molar-refractivity contribution in [3.8, 4) is 0 Å². The van der Waals surface area contributed by atoms with Crippen molar-refractivity contribution >= 4 is 59.7 Å². The van der Waals surface area contributed by atoms with Gasteiger partial charge in [-0.2, -0.15) is 0 Å². The topological polar surface area (TPSA) is 147 Å². The third kappa shape index (κ3) is 7.77. The molecule has 0 heterocycles. The minimum absolute atomic E-state index is 0.598. The van der Waals surface area contributed by atoms with Gasteiger partial charge in [-0.1, -0.05) is 0 Å². The summed E-state index contributed by atoms with van der Waals surface area (Å²) in [5, 5.41) is 49.8. The van der Waals surface area contributed by atoms with Gasteiger partial charge in [-0.15, -0.1) is 0 Å². The van der Waals surface area contributed by atoms with Crippen LogP contribution in [0.2, 0.25) is 0 Å². The average molecular weight is 464 g/mol. The van der Waals surface area contributed by atoms with Crippen LogP contribution in [0, 0.1) is 0 Å². The van der Waals surface area contributed by atoms with E-state index >= 15 is 0 Å². The zero-order chi connectivity index (χ0) is 21.1. The second-order valence-electron chi connectivity index (χ2n) is 5.10. The van der Waals surface area contributed by atoms with Crippen LogP contribution in [-0.4, -0.2) is 76.8 Å². The van der Waals surface area contributed by atoms with Gasteiger partial charge in [-0.25, -0.2) is 0 Å². The van der Waals surface area contributed by atoms with E-state index in [-0.39, 0.29) is 0 Å². The van der Waals surface area contributed by atoms with Crippen LogP contribution in [0.5, 0.6) is 0 Å². The zero-order valence-corrected chi connectivity index (χ0v) is 17.5. The summed E-state index contributed by atoms with van der Waals surface area (Å²) >= 11 is 14.2. The van der Waals surface area contributed by atoms with Crippen LogP contribution in [0.4, 0.5) is 0 Å². The second-order valence-corrected chi connectivity index (χ2v) is 5.92. The summed E-state index contributed by atoms with van der Waals surface area (Å²) in [6, 6.07) is 0. The first-order valence-electron chi connectivity index (χ1n) is 7.12. The van der Waals surface area contributed by atoms with Crippen molar-refractivity contribution < 1.29 is 46.9 Å². The van der Waals surface area contributed by atoms with Gasteiger partial charge in [0.2, 0.25) is 5.76 Å². The van der Waals surface area contributed by atoms with E-state index in [1.165, 1.54) is 6.92 Å². The number of rotatable bonds is 13. The Morgan fingerprint density at radius 2 is 1.63 bits per heavy atom. The number of hydrogen-bond acceptors (Lipinski definition) is 14. The van der Waals surface area contributed by atoms with Gasteiger partial charge in [-0.3, -0.25) is 0 Å². The Morgan fingerprint density at radius 3 is 2.00 bits per heavy atom. The Kier molecular flexibility index (Phi) is 14.1. The molecule has 6 unspecified atom stereocenters. The summed E-state index contributed by atoms with van der Waals surface area (Å²) in [4.78, 5) is 0. The number of aliphatic hydroxyl groups is 5. The maximum absolute atomic E-state index is 10.4. The van der Waals surface area contributed by atoms with E-state index in [1.807, 2.05) is 0 Å². The molecular weight excluding hydrogens is 443 g/mol. The third-order valence-electron chi connectivity index (χ3n) is 3.39. The van der Waals surface area contributed by atoms with Crippen LogP contribution in [0.1, 0.15) is 6.92 Å². The molecule has 2 radical (unpaired) electrons. The molecule has 0 aromatic rings. The van der Waals surface area contributed by atoms with Gasteiger partial charge < -0.3 is 46.9 Å². The minimum atomic E-state index is -1.79. The normalized spacial score (nSPS) is 20.2. The highest BCUT2D eigenvalue weighted by Crippen LogP contribution is 2.26. The Bertz CT molecular complexity index is 493. The van der Waals surface area contributed by atoms with E-state index in [4.69, 9.17) is 21.5 Å². The molecule has 0 fully saturated rings. The molecule has 0 saturated carbocycles. The molecule has 0 amide bonds. The molecule has 5 N–H and O–H groups in total. The number of hydrogen-bond donors (Lipinski definition) is 9. The molecule has 6 atom stereocenters. The highest BCUT2D eigenvalue weighted by atomic mass is 32.1. The van der Waals surface area contributed by atoms with Crippen LogP contribution < -0.4 is 0 Å². The molecule has 0 aliphatic heterocycles. The molecule has 0 saturated heterocycles. The SMILES string of the molecule is [B]OC(/C=C(O)\C(OS)=C(\O)C(OS)C(O)C(OS)C(O)C(C)OS)CO. The molecule has 10 nitrogen and oxygen atoms in total. The smallest absolute Gasteiger partial charge is 0.283 e.